The summed E-state index contributed by atoms with van der Waals surface area (Å²) in [5, 5.41) is 0. The van der Waals surface area contributed by atoms with Crippen molar-refractivity contribution < 1.29 is 9.53 Å². The minimum atomic E-state index is -0.562. The van der Waals surface area contributed by atoms with Crippen LogP contribution in [0.1, 0.15) is 21.7 Å². The molecule has 114 valence electrons. The molecule has 1 aliphatic heterocycles. The molecule has 0 bridgehead atoms. The number of ether oxygens (including phenoxy) is 1. The van der Waals surface area contributed by atoms with E-state index < -0.39 is 5.91 Å². The first-order valence-corrected chi connectivity index (χ1v) is 7.00. The topological polar surface area (TPSA) is 94.2 Å². The molecule has 0 spiro atoms. The monoisotopic (exact) mass is 299 g/mol. The number of pyridine rings is 1. The van der Waals surface area contributed by atoms with Crippen LogP contribution in [0.15, 0.2) is 24.7 Å². The van der Waals surface area contributed by atoms with Crippen LogP contribution in [0, 0.1) is 13.8 Å². The minimum absolute atomic E-state index is 0.0535. The first-order valence-electron chi connectivity index (χ1n) is 7.00. The van der Waals surface area contributed by atoms with Gasteiger partial charge in [-0.2, -0.15) is 0 Å². The Morgan fingerprint density at radius 1 is 1.32 bits per heavy atom. The molecule has 2 N–H and O–H groups in total. The quantitative estimate of drug-likeness (QED) is 0.899. The van der Waals surface area contributed by atoms with Gasteiger partial charge in [-0.25, -0.2) is 9.97 Å². The Morgan fingerprint density at radius 2 is 2.09 bits per heavy atom. The number of nitrogens with two attached hydrogens (primary N) is 1. The standard InChI is InChI=1S/C15H17N5O2/c1-9-10(2)18-8-19-15(9)20-6-12(7-20)22-11-3-4-17-13(5-11)14(16)21/h3-5,8,12H,6-7H2,1-2H3,(H2,16,21). The van der Waals surface area contributed by atoms with E-state index >= 15 is 0 Å². The number of nitrogens with zero attached hydrogens (tertiary/aromatic N) is 4. The Bertz CT molecular complexity index is 713. The summed E-state index contributed by atoms with van der Waals surface area (Å²) in [4.78, 5) is 25.6. The highest BCUT2D eigenvalue weighted by atomic mass is 16.5. The highest BCUT2D eigenvalue weighted by Crippen LogP contribution is 2.25. The first-order chi connectivity index (χ1) is 10.5. The van der Waals surface area contributed by atoms with E-state index in [9.17, 15) is 4.79 Å². The maximum atomic E-state index is 11.1. The van der Waals surface area contributed by atoms with E-state index in [0.717, 1.165) is 30.2 Å². The highest BCUT2D eigenvalue weighted by Gasteiger charge is 2.31. The van der Waals surface area contributed by atoms with Gasteiger partial charge in [0.15, 0.2) is 0 Å². The Balaban J connectivity index is 1.63. The third-order valence-corrected chi connectivity index (χ3v) is 3.74. The number of hydrogen-bond donors (Lipinski definition) is 1. The summed E-state index contributed by atoms with van der Waals surface area (Å²) in [5.74, 6) is 0.983. The maximum absolute atomic E-state index is 11.1. The van der Waals surface area contributed by atoms with E-state index in [4.69, 9.17) is 10.5 Å². The molecule has 1 fully saturated rings. The normalized spacial score (nSPS) is 14.5. The number of anilines is 1. The Hall–Kier alpha value is -2.70. The van der Waals surface area contributed by atoms with Gasteiger partial charge in [-0.3, -0.25) is 9.78 Å². The summed E-state index contributed by atoms with van der Waals surface area (Å²) >= 11 is 0. The average molecular weight is 299 g/mol. The van der Waals surface area contributed by atoms with Crippen LogP contribution in [0.4, 0.5) is 5.82 Å². The molecule has 7 heteroatoms. The zero-order chi connectivity index (χ0) is 15.7. The van der Waals surface area contributed by atoms with Gasteiger partial charge >= 0.3 is 0 Å². The summed E-state index contributed by atoms with van der Waals surface area (Å²) in [6, 6.07) is 3.28. The molecular weight excluding hydrogens is 282 g/mol. The van der Waals surface area contributed by atoms with Crippen molar-refractivity contribution in [2.45, 2.75) is 20.0 Å². The predicted molar refractivity (Wildman–Crippen MR) is 80.9 cm³/mol. The zero-order valence-electron chi connectivity index (χ0n) is 12.5. The van der Waals surface area contributed by atoms with Gasteiger partial charge in [-0.15, -0.1) is 0 Å². The fourth-order valence-corrected chi connectivity index (χ4v) is 2.34. The van der Waals surface area contributed by atoms with Crippen molar-refractivity contribution >= 4 is 11.7 Å². The van der Waals surface area contributed by atoms with E-state index in [1.54, 1.807) is 18.5 Å². The molecule has 7 nitrogen and oxygen atoms in total. The zero-order valence-corrected chi connectivity index (χ0v) is 12.5. The minimum Gasteiger partial charge on any atom is -0.487 e. The largest absolute Gasteiger partial charge is 0.487 e. The SMILES string of the molecule is Cc1ncnc(N2CC(Oc3ccnc(C(N)=O)c3)C2)c1C. The molecule has 1 amide bonds. The van der Waals surface area contributed by atoms with Crippen molar-refractivity contribution in [3.8, 4) is 5.75 Å². The molecule has 0 aliphatic carbocycles. The van der Waals surface area contributed by atoms with Crippen molar-refractivity contribution in [3.05, 3.63) is 41.6 Å². The number of primary amides is 1. The Labute approximate surface area is 128 Å². The van der Waals surface area contributed by atoms with E-state index in [1.165, 1.54) is 6.20 Å². The second-order valence-corrected chi connectivity index (χ2v) is 5.29. The summed E-state index contributed by atoms with van der Waals surface area (Å²) in [6.07, 6.45) is 3.15. The summed E-state index contributed by atoms with van der Waals surface area (Å²) in [6.45, 7) is 5.47. The lowest BCUT2D eigenvalue weighted by molar-refractivity contribution is 0.0994. The summed E-state index contributed by atoms with van der Waals surface area (Å²) < 4.78 is 5.83. The van der Waals surface area contributed by atoms with Crippen LogP contribution in [-0.4, -0.2) is 40.1 Å². The molecule has 0 atom stereocenters. The molecule has 22 heavy (non-hydrogen) atoms. The van der Waals surface area contributed by atoms with Gasteiger partial charge in [0, 0.05) is 23.5 Å². The van der Waals surface area contributed by atoms with E-state index in [-0.39, 0.29) is 11.8 Å². The molecule has 1 aliphatic rings. The molecule has 3 heterocycles. The third kappa shape index (κ3) is 2.69. The average Bonchev–Trinajstić information content (AvgIpc) is 2.46. The molecule has 2 aromatic rings. The van der Waals surface area contributed by atoms with Gasteiger partial charge in [0.1, 0.15) is 29.7 Å². The van der Waals surface area contributed by atoms with Gasteiger partial charge in [0.05, 0.1) is 13.1 Å². The van der Waals surface area contributed by atoms with Crippen LogP contribution < -0.4 is 15.4 Å². The fourth-order valence-electron chi connectivity index (χ4n) is 2.34. The number of hydrogen-bond acceptors (Lipinski definition) is 6. The van der Waals surface area contributed by atoms with Gasteiger partial charge in [0.2, 0.25) is 0 Å². The molecule has 1 saturated heterocycles. The summed E-state index contributed by atoms with van der Waals surface area (Å²) in [5.41, 5.74) is 7.48. The predicted octanol–water partition coefficient (Wildman–Crippen LogP) is 0.855. The molecule has 3 rings (SSSR count). The lowest BCUT2D eigenvalue weighted by atomic mass is 10.1. The van der Waals surface area contributed by atoms with E-state index in [0.29, 0.717) is 5.75 Å². The smallest absolute Gasteiger partial charge is 0.267 e. The second-order valence-electron chi connectivity index (χ2n) is 5.29. The van der Waals surface area contributed by atoms with Crippen LogP contribution in [0.3, 0.4) is 0 Å². The number of carbonyl (C=O) groups is 1. The van der Waals surface area contributed by atoms with Crippen LogP contribution >= 0.6 is 0 Å². The van der Waals surface area contributed by atoms with Crippen molar-refractivity contribution in [1.29, 1.82) is 0 Å². The molecule has 0 radical (unpaired) electrons. The van der Waals surface area contributed by atoms with Gasteiger partial charge < -0.3 is 15.4 Å². The Morgan fingerprint density at radius 3 is 2.82 bits per heavy atom. The lowest BCUT2D eigenvalue weighted by Gasteiger charge is -2.40. The number of rotatable bonds is 4. The van der Waals surface area contributed by atoms with Crippen molar-refractivity contribution in [2.75, 3.05) is 18.0 Å². The lowest BCUT2D eigenvalue weighted by Crippen LogP contribution is -2.54. The van der Waals surface area contributed by atoms with E-state index in [2.05, 4.69) is 19.9 Å². The van der Waals surface area contributed by atoms with Crippen LogP contribution in [0.25, 0.3) is 0 Å². The van der Waals surface area contributed by atoms with Gasteiger partial charge in [0.25, 0.3) is 5.91 Å². The van der Waals surface area contributed by atoms with Crippen molar-refractivity contribution in [2.24, 2.45) is 5.73 Å². The Kier molecular flexibility index (Phi) is 3.62. The maximum Gasteiger partial charge on any atom is 0.267 e. The highest BCUT2D eigenvalue weighted by molar-refractivity contribution is 5.91. The molecule has 0 unspecified atom stereocenters. The number of aryl methyl sites for hydroxylation is 1. The number of aromatic nitrogens is 3. The van der Waals surface area contributed by atoms with Crippen molar-refractivity contribution in [1.82, 2.24) is 15.0 Å². The third-order valence-electron chi connectivity index (χ3n) is 3.74. The molecular formula is C15H17N5O2. The van der Waals surface area contributed by atoms with Crippen molar-refractivity contribution in [3.63, 3.8) is 0 Å². The molecule has 0 saturated carbocycles. The molecule has 0 aromatic carbocycles. The number of carbonyl (C=O) groups excluding carboxylic acids is 1. The van der Waals surface area contributed by atoms with Crippen LogP contribution in [0.2, 0.25) is 0 Å². The molecule has 2 aromatic heterocycles. The van der Waals surface area contributed by atoms with Crippen LogP contribution in [0.5, 0.6) is 5.75 Å². The van der Waals surface area contributed by atoms with Crippen LogP contribution in [-0.2, 0) is 0 Å². The van der Waals surface area contributed by atoms with Gasteiger partial charge in [-0.1, -0.05) is 0 Å². The fraction of sp³-hybridized carbons (Fsp3) is 0.333. The summed E-state index contributed by atoms with van der Waals surface area (Å²) in [7, 11) is 0. The van der Waals surface area contributed by atoms with E-state index in [1.807, 2.05) is 13.8 Å². The number of amides is 1. The second kappa shape index (κ2) is 5.59. The van der Waals surface area contributed by atoms with Gasteiger partial charge in [-0.05, 0) is 19.9 Å². The first kappa shape index (κ1) is 14.2.